The molecule has 1 fully saturated rings. The van der Waals surface area contributed by atoms with Crippen molar-refractivity contribution in [1.82, 2.24) is 0 Å². The van der Waals surface area contributed by atoms with Gasteiger partial charge in [0.2, 0.25) is 0 Å². The van der Waals surface area contributed by atoms with E-state index in [1.54, 1.807) is 6.92 Å². The van der Waals surface area contributed by atoms with E-state index in [2.05, 4.69) is 13.2 Å². The molecule has 1 aliphatic heterocycles. The first kappa shape index (κ1) is 9.69. The van der Waals surface area contributed by atoms with E-state index in [1.807, 2.05) is 0 Å². The van der Waals surface area contributed by atoms with Crippen LogP contribution >= 0.6 is 0 Å². The smallest absolute Gasteiger partial charge is 0.152 e. The Labute approximate surface area is 62.9 Å². The largest absolute Gasteiger partial charge is 0.229 e. The van der Waals surface area contributed by atoms with Crippen LogP contribution in [0.15, 0.2) is 13.2 Å². The summed E-state index contributed by atoms with van der Waals surface area (Å²) in [5.74, 6) is 0.411. The molecule has 0 N–H and O–H groups in total. The highest BCUT2D eigenvalue weighted by Crippen LogP contribution is 2.18. The third kappa shape index (κ3) is 2.14. The number of hydrogen-bond donors (Lipinski definition) is 0. The van der Waals surface area contributed by atoms with Crippen LogP contribution in [-0.2, 0) is 9.84 Å². The van der Waals surface area contributed by atoms with Crippen molar-refractivity contribution in [2.24, 2.45) is 0 Å². The van der Waals surface area contributed by atoms with Gasteiger partial charge in [-0.05, 0) is 19.8 Å². The fourth-order valence-corrected chi connectivity index (χ4v) is 2.45. The van der Waals surface area contributed by atoms with E-state index in [4.69, 9.17) is 0 Å². The quantitative estimate of drug-likeness (QED) is 0.504. The van der Waals surface area contributed by atoms with Crippen LogP contribution in [0.4, 0.5) is 0 Å². The number of rotatable bonds is 0. The predicted octanol–water partition coefficient (Wildman–Crippen LogP) is 1.39. The lowest BCUT2D eigenvalue weighted by molar-refractivity contribution is 0.593. The molecule has 1 saturated heterocycles. The second kappa shape index (κ2) is 3.76. The Morgan fingerprint density at radius 3 is 2.00 bits per heavy atom. The van der Waals surface area contributed by atoms with Gasteiger partial charge in [0.25, 0.3) is 0 Å². The Morgan fingerprint density at radius 1 is 1.40 bits per heavy atom. The lowest BCUT2D eigenvalue weighted by Gasteiger charge is -1.96. The topological polar surface area (TPSA) is 34.1 Å². The van der Waals surface area contributed by atoms with Crippen molar-refractivity contribution in [2.45, 2.75) is 25.0 Å². The zero-order valence-corrected chi connectivity index (χ0v) is 7.15. The molecular weight excluding hydrogens is 148 g/mol. The first-order valence-corrected chi connectivity index (χ1v) is 5.06. The zero-order chi connectivity index (χ0) is 8.20. The highest BCUT2D eigenvalue weighted by molar-refractivity contribution is 7.92. The van der Waals surface area contributed by atoms with Gasteiger partial charge in [-0.3, -0.25) is 0 Å². The van der Waals surface area contributed by atoms with E-state index in [0.29, 0.717) is 5.75 Å². The highest BCUT2D eigenvalue weighted by Gasteiger charge is 2.26. The van der Waals surface area contributed by atoms with Crippen LogP contribution in [0.1, 0.15) is 19.8 Å². The van der Waals surface area contributed by atoms with Gasteiger partial charge in [-0.25, -0.2) is 8.42 Å². The molecule has 0 aromatic heterocycles. The number of hydrogen-bond acceptors (Lipinski definition) is 2. The van der Waals surface area contributed by atoms with Crippen LogP contribution < -0.4 is 0 Å². The Balaban J connectivity index is 0.000000371. The predicted molar refractivity (Wildman–Crippen MR) is 43.7 cm³/mol. The third-order valence-corrected chi connectivity index (χ3v) is 3.97. The molecule has 1 heterocycles. The van der Waals surface area contributed by atoms with E-state index in [-0.39, 0.29) is 5.25 Å². The Hall–Kier alpha value is -0.310. The third-order valence-electron chi connectivity index (χ3n) is 1.65. The summed E-state index contributed by atoms with van der Waals surface area (Å²) in [5, 5.41) is -0.0671. The lowest BCUT2D eigenvalue weighted by atomic mass is 10.3. The van der Waals surface area contributed by atoms with E-state index in [0.717, 1.165) is 12.8 Å². The van der Waals surface area contributed by atoms with Gasteiger partial charge in [0.05, 0.1) is 11.0 Å². The maximum absolute atomic E-state index is 10.8. The Kier molecular flexibility index (Phi) is 3.64. The van der Waals surface area contributed by atoms with Crippen molar-refractivity contribution in [3.63, 3.8) is 0 Å². The maximum Gasteiger partial charge on any atom is 0.152 e. The van der Waals surface area contributed by atoms with E-state index in [1.165, 1.54) is 0 Å². The van der Waals surface area contributed by atoms with Gasteiger partial charge >= 0.3 is 0 Å². The average molecular weight is 162 g/mol. The Bertz CT molecular complexity index is 182. The normalized spacial score (nSPS) is 28.7. The summed E-state index contributed by atoms with van der Waals surface area (Å²) in [6.07, 6.45) is 1.73. The van der Waals surface area contributed by atoms with Crippen molar-refractivity contribution in [3.8, 4) is 0 Å². The summed E-state index contributed by atoms with van der Waals surface area (Å²) in [7, 11) is -2.62. The molecule has 0 aromatic carbocycles. The summed E-state index contributed by atoms with van der Waals surface area (Å²) in [6.45, 7) is 7.78. The lowest BCUT2D eigenvalue weighted by Crippen LogP contribution is -2.10. The second-order valence-corrected chi connectivity index (χ2v) is 4.86. The standard InChI is InChI=1S/C5H10O2S.C2H4/c1-5-3-2-4-8(5,6)7;1-2/h5H,2-4H2,1H3;1-2H2. The molecule has 0 spiro atoms. The van der Waals surface area contributed by atoms with Crippen molar-refractivity contribution < 1.29 is 8.42 Å². The van der Waals surface area contributed by atoms with E-state index in [9.17, 15) is 8.42 Å². The summed E-state index contributed by atoms with van der Waals surface area (Å²) in [6, 6.07) is 0. The fourth-order valence-electron chi connectivity index (χ4n) is 0.953. The first-order valence-electron chi connectivity index (χ1n) is 3.34. The van der Waals surface area contributed by atoms with Gasteiger partial charge in [0.1, 0.15) is 0 Å². The van der Waals surface area contributed by atoms with Crippen molar-refractivity contribution in [1.29, 1.82) is 0 Å². The van der Waals surface area contributed by atoms with Gasteiger partial charge in [-0.1, -0.05) is 0 Å². The molecule has 0 aliphatic carbocycles. The highest BCUT2D eigenvalue weighted by atomic mass is 32.2. The molecule has 1 atom stereocenters. The second-order valence-electron chi connectivity index (χ2n) is 2.32. The summed E-state index contributed by atoms with van der Waals surface area (Å²) >= 11 is 0. The maximum atomic E-state index is 10.8. The van der Waals surface area contributed by atoms with Crippen LogP contribution in [0.3, 0.4) is 0 Å². The van der Waals surface area contributed by atoms with Gasteiger partial charge in [-0.15, -0.1) is 13.2 Å². The Morgan fingerprint density at radius 2 is 1.90 bits per heavy atom. The van der Waals surface area contributed by atoms with Crippen molar-refractivity contribution >= 4 is 9.84 Å². The van der Waals surface area contributed by atoms with Gasteiger partial charge in [0, 0.05) is 0 Å². The van der Waals surface area contributed by atoms with Gasteiger partial charge < -0.3 is 0 Å². The zero-order valence-electron chi connectivity index (χ0n) is 6.34. The monoisotopic (exact) mass is 162 g/mol. The molecule has 1 aliphatic rings. The van der Waals surface area contributed by atoms with Crippen LogP contribution in [0.5, 0.6) is 0 Å². The summed E-state index contributed by atoms with van der Waals surface area (Å²) in [5.41, 5.74) is 0. The molecule has 0 amide bonds. The van der Waals surface area contributed by atoms with Crippen LogP contribution in [0, 0.1) is 0 Å². The minimum Gasteiger partial charge on any atom is -0.229 e. The number of sulfone groups is 1. The first-order chi connectivity index (χ1) is 4.63. The molecule has 3 heteroatoms. The molecular formula is C7H14O2S. The molecule has 10 heavy (non-hydrogen) atoms. The molecule has 0 aromatic rings. The van der Waals surface area contributed by atoms with Crippen molar-refractivity contribution in [2.75, 3.05) is 5.75 Å². The van der Waals surface area contributed by atoms with Gasteiger partial charge in [-0.2, -0.15) is 0 Å². The average Bonchev–Trinajstić information content (AvgIpc) is 2.17. The van der Waals surface area contributed by atoms with Crippen LogP contribution in [0.25, 0.3) is 0 Å². The fraction of sp³-hybridized carbons (Fsp3) is 0.714. The minimum atomic E-state index is -2.62. The summed E-state index contributed by atoms with van der Waals surface area (Å²) in [4.78, 5) is 0. The molecule has 0 radical (unpaired) electrons. The SMILES string of the molecule is C=C.CC1CCCS1(=O)=O. The molecule has 2 nitrogen and oxygen atoms in total. The van der Waals surface area contributed by atoms with Crippen LogP contribution in [0.2, 0.25) is 0 Å². The minimum absolute atomic E-state index is 0.0671. The van der Waals surface area contributed by atoms with E-state index < -0.39 is 9.84 Å². The molecule has 0 saturated carbocycles. The van der Waals surface area contributed by atoms with E-state index >= 15 is 0 Å². The molecule has 1 rings (SSSR count). The van der Waals surface area contributed by atoms with Crippen molar-refractivity contribution in [3.05, 3.63) is 13.2 Å². The molecule has 0 bridgehead atoms. The molecule has 1 unspecified atom stereocenters. The van der Waals surface area contributed by atoms with Crippen LogP contribution in [-0.4, -0.2) is 19.4 Å². The van der Waals surface area contributed by atoms with Gasteiger partial charge in [0.15, 0.2) is 9.84 Å². The molecule has 60 valence electrons. The summed E-state index contributed by atoms with van der Waals surface area (Å²) < 4.78 is 21.5.